The third-order valence-corrected chi connectivity index (χ3v) is 4.74. The fraction of sp³-hybridized carbons (Fsp3) is 0.643. The average Bonchev–Trinajstić information content (AvgIpc) is 2.82. The van der Waals surface area contributed by atoms with Crippen molar-refractivity contribution < 1.29 is 14.7 Å². The number of carboxylic acid groups (broad SMARTS) is 1. The van der Waals surface area contributed by atoms with Gasteiger partial charge in [-0.1, -0.05) is 25.7 Å². The van der Waals surface area contributed by atoms with Gasteiger partial charge in [0.1, 0.15) is 0 Å². The van der Waals surface area contributed by atoms with Gasteiger partial charge in [-0.15, -0.1) is 11.3 Å². The highest BCUT2D eigenvalue weighted by Gasteiger charge is 2.40. The minimum absolute atomic E-state index is 0.0845. The maximum atomic E-state index is 12.0. The fourth-order valence-electron chi connectivity index (χ4n) is 2.76. The summed E-state index contributed by atoms with van der Waals surface area (Å²) in [5.41, 5.74) is 0.847. The van der Waals surface area contributed by atoms with Crippen LogP contribution >= 0.6 is 11.3 Å². The number of rotatable bonds is 5. The first kappa shape index (κ1) is 15.0. The van der Waals surface area contributed by atoms with Crippen molar-refractivity contribution in [1.82, 2.24) is 10.3 Å². The maximum absolute atomic E-state index is 12.0. The first-order valence-electron chi connectivity index (χ1n) is 7.00. The second-order valence-electron chi connectivity index (χ2n) is 5.42. The van der Waals surface area contributed by atoms with E-state index < -0.39 is 11.4 Å². The van der Waals surface area contributed by atoms with E-state index in [0.29, 0.717) is 19.4 Å². The molecular weight excluding hydrogens is 276 g/mol. The molecule has 0 atom stereocenters. The first-order chi connectivity index (χ1) is 9.62. The Morgan fingerprint density at radius 3 is 2.55 bits per heavy atom. The largest absolute Gasteiger partial charge is 0.481 e. The SMILES string of the molecule is O=C(CC1(C(=O)O)CCCCCC1)NCc1cncs1. The zero-order valence-corrected chi connectivity index (χ0v) is 12.2. The van der Waals surface area contributed by atoms with Gasteiger partial charge < -0.3 is 10.4 Å². The Bertz CT molecular complexity index is 451. The molecule has 1 aromatic heterocycles. The van der Waals surface area contributed by atoms with E-state index in [0.717, 1.165) is 30.6 Å². The molecule has 1 aliphatic carbocycles. The number of aliphatic carboxylic acids is 1. The Morgan fingerprint density at radius 2 is 2.00 bits per heavy atom. The van der Waals surface area contributed by atoms with E-state index in [2.05, 4.69) is 10.3 Å². The van der Waals surface area contributed by atoms with Gasteiger partial charge >= 0.3 is 5.97 Å². The normalized spacial score (nSPS) is 18.2. The van der Waals surface area contributed by atoms with Gasteiger partial charge in [0.25, 0.3) is 0 Å². The number of nitrogens with one attached hydrogen (secondary N) is 1. The van der Waals surface area contributed by atoms with Crippen LogP contribution in [0.2, 0.25) is 0 Å². The smallest absolute Gasteiger partial charge is 0.310 e. The van der Waals surface area contributed by atoms with Gasteiger partial charge in [-0.3, -0.25) is 14.6 Å². The number of aromatic nitrogens is 1. The number of amides is 1. The van der Waals surface area contributed by atoms with E-state index >= 15 is 0 Å². The molecule has 20 heavy (non-hydrogen) atoms. The number of carbonyl (C=O) groups is 2. The van der Waals surface area contributed by atoms with E-state index in [-0.39, 0.29) is 12.3 Å². The van der Waals surface area contributed by atoms with Crippen molar-refractivity contribution in [1.29, 1.82) is 0 Å². The lowest BCUT2D eigenvalue weighted by Crippen LogP contribution is -2.37. The Labute approximate surface area is 122 Å². The number of hydrogen-bond donors (Lipinski definition) is 2. The number of carboxylic acids is 1. The first-order valence-corrected chi connectivity index (χ1v) is 7.88. The Hall–Kier alpha value is -1.43. The van der Waals surface area contributed by atoms with Crippen molar-refractivity contribution >= 4 is 23.2 Å². The molecule has 2 rings (SSSR count). The predicted molar refractivity (Wildman–Crippen MR) is 76.3 cm³/mol. The zero-order valence-electron chi connectivity index (χ0n) is 11.4. The molecule has 5 nitrogen and oxygen atoms in total. The molecule has 0 aliphatic heterocycles. The van der Waals surface area contributed by atoms with Crippen LogP contribution in [-0.2, 0) is 16.1 Å². The summed E-state index contributed by atoms with van der Waals surface area (Å²) in [6.45, 7) is 0.430. The number of carbonyl (C=O) groups excluding carboxylic acids is 1. The van der Waals surface area contributed by atoms with Crippen LogP contribution in [0.3, 0.4) is 0 Å². The standard InChI is InChI=1S/C14H20N2O3S/c17-12(16-9-11-8-15-10-20-11)7-14(13(18)19)5-3-1-2-4-6-14/h8,10H,1-7,9H2,(H,16,17)(H,18,19). The molecule has 1 aliphatic rings. The quantitative estimate of drug-likeness (QED) is 0.818. The second kappa shape index (κ2) is 6.83. The van der Waals surface area contributed by atoms with Crippen LogP contribution in [0.1, 0.15) is 49.8 Å². The molecule has 0 saturated heterocycles. The molecule has 2 N–H and O–H groups in total. The molecule has 0 unspecified atom stereocenters. The lowest BCUT2D eigenvalue weighted by Gasteiger charge is -2.27. The maximum Gasteiger partial charge on any atom is 0.310 e. The molecule has 110 valence electrons. The average molecular weight is 296 g/mol. The van der Waals surface area contributed by atoms with Gasteiger partial charge in [-0.25, -0.2) is 0 Å². The second-order valence-corrected chi connectivity index (χ2v) is 6.39. The summed E-state index contributed by atoms with van der Waals surface area (Å²) >= 11 is 1.48. The molecule has 1 saturated carbocycles. The lowest BCUT2D eigenvalue weighted by atomic mass is 9.77. The van der Waals surface area contributed by atoms with Crippen LogP contribution in [0.25, 0.3) is 0 Å². The molecule has 0 spiro atoms. The summed E-state index contributed by atoms with van der Waals surface area (Å²) in [7, 11) is 0. The van der Waals surface area contributed by atoms with Crippen molar-refractivity contribution in [3.05, 3.63) is 16.6 Å². The van der Waals surface area contributed by atoms with E-state index in [9.17, 15) is 14.7 Å². The minimum atomic E-state index is -0.867. The molecule has 1 fully saturated rings. The van der Waals surface area contributed by atoms with Gasteiger partial charge in [0.15, 0.2) is 0 Å². The molecule has 0 aromatic carbocycles. The summed E-state index contributed by atoms with van der Waals surface area (Å²) in [4.78, 5) is 28.6. The van der Waals surface area contributed by atoms with Crippen molar-refractivity contribution in [2.75, 3.05) is 0 Å². The number of nitrogens with zero attached hydrogens (tertiary/aromatic N) is 1. The molecule has 0 radical (unpaired) electrons. The van der Waals surface area contributed by atoms with Crippen molar-refractivity contribution in [3.8, 4) is 0 Å². The molecule has 1 amide bonds. The lowest BCUT2D eigenvalue weighted by molar-refractivity contribution is -0.152. The van der Waals surface area contributed by atoms with Crippen LogP contribution in [-0.4, -0.2) is 22.0 Å². The molecule has 1 heterocycles. The predicted octanol–water partition coefficient (Wildman–Crippen LogP) is 2.57. The van der Waals surface area contributed by atoms with E-state index in [1.165, 1.54) is 11.3 Å². The highest BCUT2D eigenvalue weighted by Crippen LogP contribution is 2.38. The van der Waals surface area contributed by atoms with Crippen molar-refractivity contribution in [3.63, 3.8) is 0 Å². The van der Waals surface area contributed by atoms with Gasteiger partial charge in [0.2, 0.25) is 5.91 Å². The third kappa shape index (κ3) is 3.79. The third-order valence-electron chi connectivity index (χ3n) is 3.96. The van der Waals surface area contributed by atoms with Crippen LogP contribution in [0.5, 0.6) is 0 Å². The van der Waals surface area contributed by atoms with Crippen LogP contribution in [0.15, 0.2) is 11.7 Å². The Morgan fingerprint density at radius 1 is 1.30 bits per heavy atom. The topological polar surface area (TPSA) is 79.3 Å². The van der Waals surface area contributed by atoms with Gasteiger partial charge in [-0.05, 0) is 12.8 Å². The number of hydrogen-bond acceptors (Lipinski definition) is 4. The highest BCUT2D eigenvalue weighted by atomic mass is 32.1. The van der Waals surface area contributed by atoms with Gasteiger partial charge in [0.05, 0.1) is 17.5 Å². The molecule has 6 heteroatoms. The van der Waals surface area contributed by atoms with E-state index in [4.69, 9.17) is 0 Å². The molecular formula is C14H20N2O3S. The summed E-state index contributed by atoms with van der Waals surface area (Å²) in [6, 6.07) is 0. The summed E-state index contributed by atoms with van der Waals surface area (Å²) in [5.74, 6) is -1.00. The van der Waals surface area contributed by atoms with Crippen LogP contribution in [0.4, 0.5) is 0 Å². The highest BCUT2D eigenvalue weighted by molar-refractivity contribution is 7.09. The Balaban J connectivity index is 1.93. The van der Waals surface area contributed by atoms with E-state index in [1.54, 1.807) is 11.7 Å². The molecule has 1 aromatic rings. The summed E-state index contributed by atoms with van der Waals surface area (Å²) < 4.78 is 0. The summed E-state index contributed by atoms with van der Waals surface area (Å²) in [5, 5.41) is 12.3. The Kier molecular flexibility index (Phi) is 5.11. The zero-order chi connectivity index (χ0) is 14.4. The van der Waals surface area contributed by atoms with Crippen molar-refractivity contribution in [2.45, 2.75) is 51.5 Å². The summed E-state index contributed by atoms with van der Waals surface area (Å²) in [6.07, 6.45) is 6.94. The monoisotopic (exact) mass is 296 g/mol. The minimum Gasteiger partial charge on any atom is -0.481 e. The number of thiazole rings is 1. The van der Waals surface area contributed by atoms with Crippen LogP contribution < -0.4 is 5.32 Å². The van der Waals surface area contributed by atoms with Crippen molar-refractivity contribution in [2.24, 2.45) is 5.41 Å². The van der Waals surface area contributed by atoms with Crippen LogP contribution in [0, 0.1) is 5.41 Å². The molecule has 0 bridgehead atoms. The van der Waals surface area contributed by atoms with Gasteiger partial charge in [0, 0.05) is 17.5 Å². The van der Waals surface area contributed by atoms with Gasteiger partial charge in [-0.2, -0.15) is 0 Å². The fourth-order valence-corrected chi connectivity index (χ4v) is 3.29. The van der Waals surface area contributed by atoms with E-state index in [1.807, 2.05) is 0 Å².